The fourth-order valence-corrected chi connectivity index (χ4v) is 3.26. The highest BCUT2D eigenvalue weighted by molar-refractivity contribution is 5.77. The first kappa shape index (κ1) is 19.7. The normalized spacial score (nSPS) is 10.6. The second-order valence-corrected chi connectivity index (χ2v) is 6.65. The molecule has 0 saturated carbocycles. The second kappa shape index (κ2) is 8.41. The zero-order valence-electron chi connectivity index (χ0n) is 16.1. The van der Waals surface area contributed by atoms with Gasteiger partial charge in [-0.1, -0.05) is 42.5 Å². The van der Waals surface area contributed by atoms with E-state index in [0.29, 0.717) is 22.4 Å². The molecule has 1 aromatic heterocycles. The molecule has 10 heteroatoms. The van der Waals surface area contributed by atoms with Crippen LogP contribution < -0.4 is 5.01 Å². The van der Waals surface area contributed by atoms with Crippen LogP contribution in [0.4, 0.5) is 17.1 Å². The average molecular weight is 416 g/mol. The molecule has 154 valence electrons. The number of aromatic nitrogens is 3. The predicted octanol–water partition coefficient (Wildman–Crippen LogP) is 4.23. The standard InChI is InChI=1S/C21H16N6O4/c28-26(29)19-8-4-5-16(11-19)13-25(24-14-22-23-15-24)18-9-10-21(27(30)31)20(12-18)17-6-2-1-3-7-17/h1-12,14-15H,13H2. The largest absolute Gasteiger partial charge is 0.277 e. The van der Waals surface area contributed by atoms with E-state index in [4.69, 9.17) is 0 Å². The van der Waals surface area contributed by atoms with Crippen molar-refractivity contribution < 1.29 is 9.85 Å². The Balaban J connectivity index is 1.80. The van der Waals surface area contributed by atoms with Gasteiger partial charge in [0.1, 0.15) is 12.7 Å². The van der Waals surface area contributed by atoms with Crippen molar-refractivity contribution in [2.75, 3.05) is 5.01 Å². The van der Waals surface area contributed by atoms with Crippen LogP contribution in [0.1, 0.15) is 5.56 Å². The highest BCUT2D eigenvalue weighted by atomic mass is 16.6. The van der Waals surface area contributed by atoms with Crippen LogP contribution in [-0.2, 0) is 6.54 Å². The summed E-state index contributed by atoms with van der Waals surface area (Å²) in [5.41, 5.74) is 2.44. The lowest BCUT2D eigenvalue weighted by Gasteiger charge is -2.25. The lowest BCUT2D eigenvalue weighted by molar-refractivity contribution is -0.384. The number of nitrogens with zero attached hydrogens (tertiary/aromatic N) is 6. The molecule has 0 radical (unpaired) electrons. The van der Waals surface area contributed by atoms with E-state index in [1.54, 1.807) is 46.1 Å². The Morgan fingerprint density at radius 3 is 2.26 bits per heavy atom. The molecule has 10 nitrogen and oxygen atoms in total. The Hall–Kier alpha value is -4.60. The molecule has 0 unspecified atom stereocenters. The van der Waals surface area contributed by atoms with Crippen LogP contribution in [0.3, 0.4) is 0 Å². The van der Waals surface area contributed by atoms with Gasteiger partial charge >= 0.3 is 0 Å². The van der Waals surface area contributed by atoms with Crippen molar-refractivity contribution in [3.8, 4) is 11.1 Å². The van der Waals surface area contributed by atoms with Crippen molar-refractivity contribution in [2.24, 2.45) is 0 Å². The zero-order chi connectivity index (χ0) is 21.8. The summed E-state index contributed by atoms with van der Waals surface area (Å²) in [4.78, 5) is 21.9. The molecule has 0 fully saturated rings. The van der Waals surface area contributed by atoms with E-state index in [1.165, 1.54) is 30.9 Å². The average Bonchev–Trinajstić information content (AvgIpc) is 3.32. The number of anilines is 1. The van der Waals surface area contributed by atoms with Crippen LogP contribution in [0, 0.1) is 20.2 Å². The number of nitro groups is 2. The molecule has 3 aromatic carbocycles. The summed E-state index contributed by atoms with van der Waals surface area (Å²) >= 11 is 0. The van der Waals surface area contributed by atoms with Gasteiger partial charge in [0.05, 0.1) is 27.6 Å². The van der Waals surface area contributed by atoms with Crippen molar-refractivity contribution in [3.05, 3.63) is 111 Å². The highest BCUT2D eigenvalue weighted by Crippen LogP contribution is 2.34. The number of hydrogen-bond acceptors (Lipinski definition) is 7. The fraction of sp³-hybridized carbons (Fsp3) is 0.0476. The third kappa shape index (κ3) is 4.22. The smallest absolute Gasteiger partial charge is 0.274 e. The molecular weight excluding hydrogens is 400 g/mol. The van der Waals surface area contributed by atoms with E-state index in [9.17, 15) is 20.2 Å². The lowest BCUT2D eigenvalue weighted by atomic mass is 10.0. The Kier molecular flexibility index (Phi) is 5.35. The quantitative estimate of drug-likeness (QED) is 0.326. The van der Waals surface area contributed by atoms with Gasteiger partial charge < -0.3 is 0 Å². The van der Waals surface area contributed by atoms with E-state index in [-0.39, 0.29) is 17.9 Å². The van der Waals surface area contributed by atoms with Crippen LogP contribution in [0.25, 0.3) is 11.1 Å². The van der Waals surface area contributed by atoms with Gasteiger partial charge in [0.25, 0.3) is 11.4 Å². The van der Waals surface area contributed by atoms with E-state index in [0.717, 1.165) is 0 Å². The summed E-state index contributed by atoms with van der Waals surface area (Å²) in [6.07, 6.45) is 2.97. The monoisotopic (exact) mass is 416 g/mol. The molecule has 31 heavy (non-hydrogen) atoms. The molecule has 1 heterocycles. The molecule has 0 amide bonds. The SMILES string of the molecule is O=[N+]([O-])c1cccc(CN(c2ccc([N+](=O)[O-])c(-c3ccccc3)c2)n2cnnc2)c1. The minimum Gasteiger partial charge on any atom is -0.274 e. The Labute approximate surface area is 176 Å². The van der Waals surface area contributed by atoms with E-state index < -0.39 is 9.85 Å². The summed E-state index contributed by atoms with van der Waals surface area (Å²) in [5.74, 6) is 0. The van der Waals surface area contributed by atoms with Crippen molar-refractivity contribution in [3.63, 3.8) is 0 Å². The van der Waals surface area contributed by atoms with Crippen molar-refractivity contribution in [1.82, 2.24) is 14.9 Å². The fourth-order valence-electron chi connectivity index (χ4n) is 3.26. The molecule has 0 aliphatic carbocycles. The molecule has 0 atom stereocenters. The van der Waals surface area contributed by atoms with Crippen molar-refractivity contribution >= 4 is 17.1 Å². The predicted molar refractivity (Wildman–Crippen MR) is 113 cm³/mol. The second-order valence-electron chi connectivity index (χ2n) is 6.65. The summed E-state index contributed by atoms with van der Waals surface area (Å²) in [5, 5.41) is 32.2. The van der Waals surface area contributed by atoms with Crippen molar-refractivity contribution in [1.29, 1.82) is 0 Å². The van der Waals surface area contributed by atoms with Gasteiger partial charge in [-0.2, -0.15) is 0 Å². The van der Waals surface area contributed by atoms with E-state index in [2.05, 4.69) is 10.2 Å². The van der Waals surface area contributed by atoms with Crippen molar-refractivity contribution in [2.45, 2.75) is 6.54 Å². The topological polar surface area (TPSA) is 120 Å². The third-order valence-corrected chi connectivity index (χ3v) is 4.70. The van der Waals surface area contributed by atoms with Gasteiger partial charge in [0, 0.05) is 18.2 Å². The minimum atomic E-state index is -0.452. The van der Waals surface area contributed by atoms with Crippen LogP contribution in [0.2, 0.25) is 0 Å². The molecule has 0 aliphatic heterocycles. The van der Waals surface area contributed by atoms with Crippen LogP contribution in [0.15, 0.2) is 85.5 Å². The van der Waals surface area contributed by atoms with Crippen LogP contribution in [0.5, 0.6) is 0 Å². The number of benzene rings is 3. The van der Waals surface area contributed by atoms with Gasteiger partial charge in [-0.25, -0.2) is 4.68 Å². The minimum absolute atomic E-state index is 0.0186. The van der Waals surface area contributed by atoms with E-state index >= 15 is 0 Å². The molecule has 4 rings (SSSR count). The van der Waals surface area contributed by atoms with Gasteiger partial charge in [-0.05, 0) is 23.3 Å². The molecule has 0 N–H and O–H groups in total. The summed E-state index contributed by atoms with van der Waals surface area (Å²) in [6.45, 7) is 0.256. The van der Waals surface area contributed by atoms with Gasteiger partial charge in [0.15, 0.2) is 0 Å². The van der Waals surface area contributed by atoms with Crippen LogP contribution >= 0.6 is 0 Å². The maximum Gasteiger partial charge on any atom is 0.277 e. The lowest BCUT2D eigenvalue weighted by Crippen LogP contribution is -2.28. The zero-order valence-corrected chi connectivity index (χ0v) is 16.1. The molecule has 0 spiro atoms. The Morgan fingerprint density at radius 1 is 0.839 bits per heavy atom. The molecule has 0 aliphatic rings. The number of rotatable bonds is 7. The van der Waals surface area contributed by atoms with Gasteiger partial charge in [-0.3, -0.25) is 25.2 Å². The Bertz CT molecular complexity index is 1230. The third-order valence-electron chi connectivity index (χ3n) is 4.70. The van der Waals surface area contributed by atoms with Gasteiger partial charge in [0.2, 0.25) is 0 Å². The summed E-state index contributed by atoms with van der Waals surface area (Å²) in [6, 6.07) is 20.1. The molecule has 0 saturated heterocycles. The summed E-state index contributed by atoms with van der Waals surface area (Å²) in [7, 11) is 0. The number of hydrogen-bond donors (Lipinski definition) is 0. The number of non-ortho nitro benzene ring substituents is 1. The number of nitro benzene ring substituents is 2. The van der Waals surface area contributed by atoms with E-state index in [1.807, 2.05) is 18.2 Å². The molecular formula is C21H16N6O4. The highest BCUT2D eigenvalue weighted by Gasteiger charge is 2.19. The maximum absolute atomic E-state index is 11.6. The first-order chi connectivity index (χ1) is 15.0. The first-order valence-corrected chi connectivity index (χ1v) is 9.22. The Morgan fingerprint density at radius 2 is 1.58 bits per heavy atom. The maximum atomic E-state index is 11.6. The first-order valence-electron chi connectivity index (χ1n) is 9.22. The molecule has 4 aromatic rings. The summed E-state index contributed by atoms with van der Waals surface area (Å²) < 4.78 is 1.62. The van der Waals surface area contributed by atoms with Gasteiger partial charge in [-0.15, -0.1) is 10.2 Å². The van der Waals surface area contributed by atoms with Crippen LogP contribution in [-0.4, -0.2) is 24.7 Å². The molecule has 0 bridgehead atoms.